The predicted molar refractivity (Wildman–Crippen MR) is 81.0 cm³/mol. The van der Waals surface area contributed by atoms with E-state index >= 15 is 0 Å². The molecule has 2 fully saturated rings. The van der Waals surface area contributed by atoms with E-state index in [0.29, 0.717) is 0 Å². The third kappa shape index (κ3) is 3.56. The molecule has 0 bridgehead atoms. The average Bonchev–Trinajstić information content (AvgIpc) is 2.74. The standard InChI is InChI=1S/C15H17N3O4S.K/c1-15(2)11(14(21)22)18-12(20)10(13(18)23-15)17-9(19)6-8-4-3-5-16-7-8;/h3-5,7,10-11,13H,6H2,1-2H3,(H,17,19)(H,21,22);/q;+1/p-1/t10-,11+,13-;/m1./s1. The summed E-state index contributed by atoms with van der Waals surface area (Å²) in [5.41, 5.74) is 0.751. The van der Waals surface area contributed by atoms with Gasteiger partial charge in [-0.05, 0) is 25.5 Å². The molecule has 0 spiro atoms. The number of nitrogens with zero attached hydrogens (tertiary/aromatic N) is 2. The van der Waals surface area contributed by atoms with Crippen molar-refractivity contribution in [2.75, 3.05) is 0 Å². The topological polar surface area (TPSA) is 102 Å². The number of carbonyl (C=O) groups is 3. The fourth-order valence-electron chi connectivity index (χ4n) is 3.04. The van der Waals surface area contributed by atoms with Crippen LogP contribution in [0.1, 0.15) is 19.4 Å². The number of fused-ring (bicyclic) bond motifs is 1. The van der Waals surface area contributed by atoms with Crippen molar-refractivity contribution in [2.24, 2.45) is 0 Å². The van der Waals surface area contributed by atoms with Gasteiger partial charge in [-0.2, -0.15) is 0 Å². The number of carboxylic acids is 1. The Kier molecular flexibility index (Phi) is 6.15. The summed E-state index contributed by atoms with van der Waals surface area (Å²) in [4.78, 5) is 40.9. The van der Waals surface area contributed by atoms with Crippen molar-refractivity contribution in [3.8, 4) is 0 Å². The minimum absolute atomic E-state index is 0. The first-order valence-corrected chi connectivity index (χ1v) is 8.08. The molecule has 2 aliphatic heterocycles. The first-order valence-electron chi connectivity index (χ1n) is 7.20. The smallest absolute Gasteiger partial charge is 0.548 e. The predicted octanol–water partition coefficient (Wildman–Crippen LogP) is -4.07. The molecule has 2 amide bonds. The Bertz CT molecular complexity index is 670. The number of nitrogens with one attached hydrogen (secondary N) is 1. The summed E-state index contributed by atoms with van der Waals surface area (Å²) in [5, 5.41) is 13.6. The van der Waals surface area contributed by atoms with E-state index < -0.39 is 22.8 Å². The average molecular weight is 373 g/mol. The monoisotopic (exact) mass is 373 g/mol. The Morgan fingerprint density at radius 2 is 2.17 bits per heavy atom. The van der Waals surface area contributed by atoms with Gasteiger partial charge in [0, 0.05) is 17.1 Å². The van der Waals surface area contributed by atoms with Crippen LogP contribution in [0, 0.1) is 0 Å². The first kappa shape index (κ1) is 19.9. The van der Waals surface area contributed by atoms with Gasteiger partial charge >= 0.3 is 51.4 Å². The number of amides is 2. The number of β-lactam (4-membered cyclic amide) rings is 1. The number of aromatic nitrogens is 1. The summed E-state index contributed by atoms with van der Waals surface area (Å²) in [5.74, 6) is -1.92. The molecule has 0 aromatic carbocycles. The molecule has 1 aromatic heterocycles. The Labute approximate surface area is 186 Å². The van der Waals surface area contributed by atoms with E-state index in [1.54, 1.807) is 38.4 Å². The number of thioether (sulfide) groups is 1. The van der Waals surface area contributed by atoms with Crippen molar-refractivity contribution in [3.05, 3.63) is 30.1 Å². The Balaban J connectivity index is 0.00000208. The van der Waals surface area contributed by atoms with Gasteiger partial charge in [0.15, 0.2) is 0 Å². The summed E-state index contributed by atoms with van der Waals surface area (Å²) < 4.78 is -0.651. The fourth-order valence-corrected chi connectivity index (χ4v) is 4.66. The number of pyridine rings is 1. The van der Waals surface area contributed by atoms with Crippen LogP contribution in [0.15, 0.2) is 24.5 Å². The van der Waals surface area contributed by atoms with Crippen molar-refractivity contribution in [2.45, 2.75) is 42.5 Å². The summed E-state index contributed by atoms with van der Waals surface area (Å²) in [6.07, 6.45) is 3.34. The maximum absolute atomic E-state index is 12.2. The van der Waals surface area contributed by atoms with E-state index in [-0.39, 0.29) is 75.0 Å². The zero-order valence-corrected chi connectivity index (χ0v) is 17.6. The van der Waals surface area contributed by atoms with E-state index in [0.717, 1.165) is 5.56 Å². The molecule has 122 valence electrons. The van der Waals surface area contributed by atoms with Gasteiger partial charge in [0.1, 0.15) is 11.4 Å². The summed E-state index contributed by atoms with van der Waals surface area (Å²) in [6.45, 7) is 3.52. The van der Waals surface area contributed by atoms with Crippen LogP contribution in [0.3, 0.4) is 0 Å². The molecule has 7 nitrogen and oxygen atoms in total. The number of carbonyl (C=O) groups excluding carboxylic acids is 3. The second-order valence-corrected chi connectivity index (χ2v) is 7.93. The Hall–Kier alpha value is -0.454. The third-order valence-electron chi connectivity index (χ3n) is 4.07. The largest absolute Gasteiger partial charge is 1.00 e. The minimum atomic E-state index is -1.27. The van der Waals surface area contributed by atoms with Crippen LogP contribution < -0.4 is 61.8 Å². The fraction of sp³-hybridized carbons (Fsp3) is 0.467. The van der Waals surface area contributed by atoms with Crippen LogP contribution >= 0.6 is 11.8 Å². The van der Waals surface area contributed by atoms with Gasteiger partial charge in [0.2, 0.25) is 11.8 Å². The molecule has 3 heterocycles. The van der Waals surface area contributed by atoms with Gasteiger partial charge in [-0.25, -0.2) is 0 Å². The number of carboxylic acid groups (broad SMARTS) is 1. The summed E-state index contributed by atoms with van der Waals surface area (Å²) >= 11 is 1.37. The molecule has 1 N–H and O–H groups in total. The van der Waals surface area contributed by atoms with Gasteiger partial charge < -0.3 is 20.1 Å². The number of rotatable bonds is 4. The third-order valence-corrected chi connectivity index (χ3v) is 5.64. The van der Waals surface area contributed by atoms with E-state index in [1.807, 2.05) is 0 Å². The molecular weight excluding hydrogens is 357 g/mol. The quantitative estimate of drug-likeness (QED) is 0.425. The molecule has 0 unspecified atom stereocenters. The van der Waals surface area contributed by atoms with Gasteiger partial charge in [0.05, 0.1) is 18.4 Å². The zero-order chi connectivity index (χ0) is 16.8. The van der Waals surface area contributed by atoms with Crippen molar-refractivity contribution < 1.29 is 70.9 Å². The van der Waals surface area contributed by atoms with Crippen LogP contribution in [0.2, 0.25) is 0 Å². The van der Waals surface area contributed by atoms with E-state index in [2.05, 4.69) is 10.3 Å². The zero-order valence-electron chi connectivity index (χ0n) is 13.7. The molecule has 1 aromatic rings. The molecule has 2 saturated heterocycles. The molecule has 0 saturated carbocycles. The Morgan fingerprint density at radius 3 is 2.75 bits per heavy atom. The summed E-state index contributed by atoms with van der Waals surface area (Å²) in [7, 11) is 0. The van der Waals surface area contributed by atoms with Crippen molar-refractivity contribution in [1.82, 2.24) is 15.2 Å². The minimum Gasteiger partial charge on any atom is -0.548 e. The molecule has 9 heteroatoms. The van der Waals surface area contributed by atoms with Crippen molar-refractivity contribution in [3.63, 3.8) is 0 Å². The second-order valence-electron chi connectivity index (χ2n) is 6.16. The molecule has 3 rings (SSSR count). The van der Waals surface area contributed by atoms with Crippen molar-refractivity contribution in [1.29, 1.82) is 0 Å². The van der Waals surface area contributed by atoms with Crippen LogP contribution in [0.4, 0.5) is 0 Å². The van der Waals surface area contributed by atoms with Crippen LogP contribution in [-0.2, 0) is 20.8 Å². The maximum atomic E-state index is 12.2. The van der Waals surface area contributed by atoms with Gasteiger partial charge in [-0.1, -0.05) is 6.07 Å². The number of hydrogen-bond donors (Lipinski definition) is 1. The molecule has 3 atom stereocenters. The van der Waals surface area contributed by atoms with Crippen LogP contribution in [-0.4, -0.2) is 49.9 Å². The van der Waals surface area contributed by atoms with E-state index in [1.165, 1.54) is 16.7 Å². The first-order chi connectivity index (χ1) is 10.8. The SMILES string of the molecule is CC1(C)S[C@@H]2[C@H](NC(=O)Cc3cccnc3)C(=O)N2[C@H]1C(=O)[O-].[K+]. The molecule has 24 heavy (non-hydrogen) atoms. The normalized spacial score (nSPS) is 26.8. The van der Waals surface area contributed by atoms with E-state index in [4.69, 9.17) is 0 Å². The molecule has 0 radical (unpaired) electrons. The number of aliphatic carboxylic acids is 1. The van der Waals surface area contributed by atoms with Crippen LogP contribution in [0.5, 0.6) is 0 Å². The van der Waals surface area contributed by atoms with Gasteiger partial charge in [-0.15, -0.1) is 11.8 Å². The summed E-state index contributed by atoms with van der Waals surface area (Å²) in [6, 6.07) is 1.85. The number of hydrogen-bond acceptors (Lipinski definition) is 6. The van der Waals surface area contributed by atoms with Gasteiger partial charge in [0.25, 0.3) is 0 Å². The molecule has 0 aliphatic carbocycles. The van der Waals surface area contributed by atoms with Crippen LogP contribution in [0.25, 0.3) is 0 Å². The van der Waals surface area contributed by atoms with Gasteiger partial charge in [-0.3, -0.25) is 14.6 Å². The maximum Gasteiger partial charge on any atom is 1.00 e. The van der Waals surface area contributed by atoms with E-state index in [9.17, 15) is 19.5 Å². The molecule has 2 aliphatic rings. The van der Waals surface area contributed by atoms with Crippen molar-refractivity contribution >= 4 is 29.5 Å². The second kappa shape index (κ2) is 7.42. The molecular formula is C15H16KN3O4S. The Morgan fingerprint density at radius 1 is 1.46 bits per heavy atom.